The number of para-hydroxylation sites is 1. The molecule has 0 atom stereocenters. The summed E-state index contributed by atoms with van der Waals surface area (Å²) in [5.41, 5.74) is 10.1. The fourth-order valence-corrected chi connectivity index (χ4v) is 2.12. The van der Waals surface area contributed by atoms with E-state index in [4.69, 9.17) is 5.73 Å². The van der Waals surface area contributed by atoms with Gasteiger partial charge in [0.2, 0.25) is 0 Å². The molecule has 2 rings (SSSR count). The molecule has 104 valence electrons. The van der Waals surface area contributed by atoms with Crippen molar-refractivity contribution in [3.8, 4) is 0 Å². The zero-order valence-corrected chi connectivity index (χ0v) is 12.2. The van der Waals surface area contributed by atoms with Gasteiger partial charge in [0.05, 0.1) is 5.56 Å². The predicted octanol–water partition coefficient (Wildman–Crippen LogP) is 3.42. The summed E-state index contributed by atoms with van der Waals surface area (Å²) in [7, 11) is 1.77. The molecular weight excluding hydrogens is 248 g/mol. The monoisotopic (exact) mass is 268 g/mol. The van der Waals surface area contributed by atoms with Gasteiger partial charge in [0, 0.05) is 18.4 Å². The van der Waals surface area contributed by atoms with Crippen molar-refractivity contribution in [1.82, 2.24) is 0 Å². The van der Waals surface area contributed by atoms with Gasteiger partial charge in [0.1, 0.15) is 0 Å². The maximum atomic E-state index is 12.5. The van der Waals surface area contributed by atoms with Gasteiger partial charge in [-0.25, -0.2) is 0 Å². The summed E-state index contributed by atoms with van der Waals surface area (Å²) in [6, 6.07) is 13.5. The number of anilines is 2. The Balaban J connectivity index is 2.29. The van der Waals surface area contributed by atoms with Gasteiger partial charge in [0.25, 0.3) is 5.91 Å². The highest BCUT2D eigenvalue weighted by Crippen LogP contribution is 2.21. The number of amides is 1. The molecule has 2 aromatic rings. The van der Waals surface area contributed by atoms with Crippen molar-refractivity contribution in [2.24, 2.45) is 0 Å². The maximum Gasteiger partial charge on any atom is 0.260 e. The van der Waals surface area contributed by atoms with E-state index in [1.807, 2.05) is 43.3 Å². The van der Waals surface area contributed by atoms with E-state index in [1.54, 1.807) is 18.0 Å². The Morgan fingerprint density at radius 3 is 2.40 bits per heavy atom. The molecule has 0 radical (unpaired) electrons. The first kappa shape index (κ1) is 14.1. The predicted molar refractivity (Wildman–Crippen MR) is 84.1 cm³/mol. The molecule has 0 saturated heterocycles. The van der Waals surface area contributed by atoms with Gasteiger partial charge in [-0.15, -0.1) is 0 Å². The van der Waals surface area contributed by atoms with Crippen LogP contribution in [0.5, 0.6) is 0 Å². The molecule has 2 aromatic carbocycles. The molecular formula is C17H20N2O. The topological polar surface area (TPSA) is 46.3 Å². The molecule has 3 heteroatoms. The van der Waals surface area contributed by atoms with E-state index >= 15 is 0 Å². The summed E-state index contributed by atoms with van der Waals surface area (Å²) in [6.07, 6.45) is 0.989. The number of hydrogen-bond acceptors (Lipinski definition) is 2. The van der Waals surface area contributed by atoms with Crippen molar-refractivity contribution in [3.63, 3.8) is 0 Å². The smallest absolute Gasteiger partial charge is 0.260 e. The highest BCUT2D eigenvalue weighted by atomic mass is 16.2. The molecule has 0 aliphatic rings. The van der Waals surface area contributed by atoms with Crippen molar-refractivity contribution >= 4 is 17.3 Å². The number of carbonyl (C=O) groups excluding carboxylic acids is 1. The van der Waals surface area contributed by atoms with Gasteiger partial charge in [-0.1, -0.05) is 31.2 Å². The normalized spacial score (nSPS) is 10.3. The lowest BCUT2D eigenvalue weighted by Crippen LogP contribution is -2.27. The molecule has 2 N–H and O–H groups in total. The molecule has 0 bridgehead atoms. The fourth-order valence-electron chi connectivity index (χ4n) is 2.12. The van der Waals surface area contributed by atoms with E-state index in [1.165, 1.54) is 5.56 Å². The van der Waals surface area contributed by atoms with Gasteiger partial charge >= 0.3 is 0 Å². The maximum absolute atomic E-state index is 12.5. The lowest BCUT2D eigenvalue weighted by Gasteiger charge is -2.19. The number of nitrogens with two attached hydrogens (primary N) is 1. The molecule has 0 aromatic heterocycles. The van der Waals surface area contributed by atoms with E-state index in [0.29, 0.717) is 11.3 Å². The standard InChI is InChI=1S/C17H20N2O/c1-4-13-8-10-14(11-9-13)19(3)17(20)15-7-5-6-12(2)16(15)18/h5-11H,4,18H2,1-3H3. The number of aryl methyl sites for hydroxylation is 2. The Kier molecular flexibility index (Phi) is 4.08. The highest BCUT2D eigenvalue weighted by Gasteiger charge is 2.16. The number of nitrogen functional groups attached to an aromatic ring is 1. The second-order valence-electron chi connectivity index (χ2n) is 4.92. The van der Waals surface area contributed by atoms with E-state index in [-0.39, 0.29) is 5.91 Å². The molecule has 0 aliphatic heterocycles. The van der Waals surface area contributed by atoms with Crippen molar-refractivity contribution in [1.29, 1.82) is 0 Å². The Bertz CT molecular complexity index is 617. The van der Waals surface area contributed by atoms with Crippen LogP contribution in [0.1, 0.15) is 28.4 Å². The summed E-state index contributed by atoms with van der Waals surface area (Å²) < 4.78 is 0. The van der Waals surface area contributed by atoms with Crippen LogP contribution < -0.4 is 10.6 Å². The highest BCUT2D eigenvalue weighted by molar-refractivity contribution is 6.09. The first-order valence-corrected chi connectivity index (χ1v) is 6.76. The molecule has 0 unspecified atom stereocenters. The van der Waals surface area contributed by atoms with Gasteiger partial charge < -0.3 is 10.6 Å². The summed E-state index contributed by atoms with van der Waals surface area (Å²) in [6.45, 7) is 4.01. The second kappa shape index (κ2) is 5.78. The molecule has 1 amide bonds. The Hall–Kier alpha value is -2.29. The molecule has 0 fully saturated rings. The van der Waals surface area contributed by atoms with E-state index in [0.717, 1.165) is 17.7 Å². The van der Waals surface area contributed by atoms with Crippen LogP contribution >= 0.6 is 0 Å². The third-order valence-corrected chi connectivity index (χ3v) is 3.59. The van der Waals surface area contributed by atoms with E-state index in [9.17, 15) is 4.79 Å². The summed E-state index contributed by atoms with van der Waals surface area (Å²) in [5, 5.41) is 0. The minimum Gasteiger partial charge on any atom is -0.398 e. The van der Waals surface area contributed by atoms with Crippen molar-refractivity contribution in [2.75, 3.05) is 17.7 Å². The first-order valence-electron chi connectivity index (χ1n) is 6.76. The van der Waals surface area contributed by atoms with Crippen LogP contribution in [0.25, 0.3) is 0 Å². The van der Waals surface area contributed by atoms with Crippen LogP contribution in [-0.4, -0.2) is 13.0 Å². The molecule has 0 spiro atoms. The van der Waals surface area contributed by atoms with E-state index < -0.39 is 0 Å². The Morgan fingerprint density at radius 1 is 1.15 bits per heavy atom. The minimum absolute atomic E-state index is 0.0875. The van der Waals surface area contributed by atoms with Crippen molar-refractivity contribution in [2.45, 2.75) is 20.3 Å². The largest absolute Gasteiger partial charge is 0.398 e. The molecule has 3 nitrogen and oxygen atoms in total. The lowest BCUT2D eigenvalue weighted by atomic mass is 10.1. The molecule has 0 heterocycles. The average Bonchev–Trinajstić information content (AvgIpc) is 2.48. The SMILES string of the molecule is CCc1ccc(N(C)C(=O)c2cccc(C)c2N)cc1. The molecule has 20 heavy (non-hydrogen) atoms. The summed E-state index contributed by atoms with van der Waals surface area (Å²) in [5.74, 6) is -0.0875. The quantitative estimate of drug-likeness (QED) is 0.867. The third-order valence-electron chi connectivity index (χ3n) is 3.59. The lowest BCUT2D eigenvalue weighted by molar-refractivity contribution is 0.0994. The van der Waals surface area contributed by atoms with Gasteiger partial charge in [-0.05, 0) is 42.7 Å². The Labute approximate surface area is 120 Å². The summed E-state index contributed by atoms with van der Waals surface area (Å²) >= 11 is 0. The number of rotatable bonds is 3. The van der Waals surface area contributed by atoms with Gasteiger partial charge in [0.15, 0.2) is 0 Å². The van der Waals surface area contributed by atoms with Gasteiger partial charge in [-0.2, -0.15) is 0 Å². The molecule has 0 saturated carbocycles. The number of benzene rings is 2. The van der Waals surface area contributed by atoms with E-state index in [2.05, 4.69) is 6.92 Å². The fraction of sp³-hybridized carbons (Fsp3) is 0.235. The zero-order valence-electron chi connectivity index (χ0n) is 12.2. The third kappa shape index (κ3) is 2.67. The van der Waals surface area contributed by atoms with Crippen LogP contribution in [0.2, 0.25) is 0 Å². The Morgan fingerprint density at radius 2 is 1.80 bits per heavy atom. The van der Waals surface area contributed by atoms with Crippen molar-refractivity contribution in [3.05, 3.63) is 59.2 Å². The van der Waals surface area contributed by atoms with Crippen LogP contribution in [0.3, 0.4) is 0 Å². The van der Waals surface area contributed by atoms with Gasteiger partial charge in [-0.3, -0.25) is 4.79 Å². The number of carbonyl (C=O) groups is 1. The number of nitrogens with zero attached hydrogens (tertiary/aromatic N) is 1. The van der Waals surface area contributed by atoms with Crippen molar-refractivity contribution < 1.29 is 4.79 Å². The average molecular weight is 268 g/mol. The minimum atomic E-state index is -0.0875. The second-order valence-corrected chi connectivity index (χ2v) is 4.92. The van der Waals surface area contributed by atoms with Crippen LogP contribution in [0.4, 0.5) is 11.4 Å². The summed E-state index contributed by atoms with van der Waals surface area (Å²) in [4.78, 5) is 14.1. The zero-order chi connectivity index (χ0) is 14.7. The van der Waals surface area contributed by atoms with Crippen LogP contribution in [0, 0.1) is 6.92 Å². The number of hydrogen-bond donors (Lipinski definition) is 1. The molecule has 0 aliphatic carbocycles. The van der Waals surface area contributed by atoms with Crippen LogP contribution in [0.15, 0.2) is 42.5 Å². The van der Waals surface area contributed by atoms with Crippen LogP contribution in [-0.2, 0) is 6.42 Å². The first-order chi connectivity index (χ1) is 9.54.